The van der Waals surface area contributed by atoms with Gasteiger partial charge in [-0.15, -0.1) is 0 Å². The predicted molar refractivity (Wildman–Crippen MR) is 101 cm³/mol. The molecule has 26 heavy (non-hydrogen) atoms. The number of benzene rings is 1. The van der Waals surface area contributed by atoms with Crippen LogP contribution in [0.3, 0.4) is 0 Å². The first-order valence-corrected chi connectivity index (χ1v) is 8.33. The summed E-state index contributed by atoms with van der Waals surface area (Å²) in [5.41, 5.74) is 3.12. The Kier molecular flexibility index (Phi) is 4.96. The molecule has 3 rings (SSSR count). The first-order valence-electron chi connectivity index (χ1n) is 8.33. The molecule has 0 saturated carbocycles. The second-order valence-corrected chi connectivity index (χ2v) is 6.46. The lowest BCUT2D eigenvalue weighted by Gasteiger charge is -2.22. The van der Waals surface area contributed by atoms with Crippen LogP contribution in [0.2, 0.25) is 0 Å². The van der Waals surface area contributed by atoms with E-state index in [1.165, 1.54) is 0 Å². The molecule has 133 valence electrons. The SMILES string of the molecule is C=C(C)C(=O)Oc1ccc2c(c1)=C[CH]C1=CC(OC(O)C(=C)C)=CCC=21. The number of aliphatic hydroxyl groups is 1. The molecule has 1 aromatic rings. The molecule has 0 fully saturated rings. The number of hydrogen-bond acceptors (Lipinski definition) is 4. The van der Waals surface area contributed by atoms with Crippen LogP contribution in [0, 0.1) is 6.42 Å². The molecule has 0 aromatic heterocycles. The predicted octanol–water partition coefficient (Wildman–Crippen LogP) is 2.44. The molecule has 1 radical (unpaired) electrons. The smallest absolute Gasteiger partial charge is 0.338 e. The number of esters is 1. The molecule has 4 heteroatoms. The highest BCUT2D eigenvalue weighted by molar-refractivity contribution is 5.88. The number of carbonyl (C=O) groups is 1. The van der Waals surface area contributed by atoms with Crippen molar-refractivity contribution in [1.82, 2.24) is 0 Å². The molecule has 0 saturated heterocycles. The van der Waals surface area contributed by atoms with Gasteiger partial charge < -0.3 is 14.6 Å². The van der Waals surface area contributed by atoms with Gasteiger partial charge >= 0.3 is 5.97 Å². The Hall–Kier alpha value is -2.85. The molecule has 0 spiro atoms. The lowest BCUT2D eigenvalue weighted by atomic mass is 9.88. The van der Waals surface area contributed by atoms with E-state index in [9.17, 15) is 9.90 Å². The van der Waals surface area contributed by atoms with E-state index in [1.54, 1.807) is 19.9 Å². The quantitative estimate of drug-likeness (QED) is 0.292. The van der Waals surface area contributed by atoms with Crippen LogP contribution in [0.1, 0.15) is 20.3 Å². The summed E-state index contributed by atoms with van der Waals surface area (Å²) in [6, 6.07) is 5.58. The third-order valence-corrected chi connectivity index (χ3v) is 4.17. The number of aliphatic hydroxyl groups excluding tert-OH is 1. The van der Waals surface area contributed by atoms with Crippen LogP contribution in [0.5, 0.6) is 5.75 Å². The van der Waals surface area contributed by atoms with Gasteiger partial charge in [-0.3, -0.25) is 0 Å². The summed E-state index contributed by atoms with van der Waals surface area (Å²) in [6.45, 7) is 10.6. The van der Waals surface area contributed by atoms with E-state index in [1.807, 2.05) is 36.8 Å². The van der Waals surface area contributed by atoms with Crippen LogP contribution in [-0.2, 0) is 9.53 Å². The van der Waals surface area contributed by atoms with Crippen LogP contribution in [0.15, 0.2) is 66.0 Å². The lowest BCUT2D eigenvalue weighted by molar-refractivity contribution is -0.130. The second kappa shape index (κ2) is 7.18. The number of fused-ring (bicyclic) bond motifs is 2. The van der Waals surface area contributed by atoms with Crippen molar-refractivity contribution < 1.29 is 19.4 Å². The summed E-state index contributed by atoms with van der Waals surface area (Å²) in [5, 5.41) is 11.9. The van der Waals surface area contributed by atoms with Crippen molar-refractivity contribution in [2.24, 2.45) is 0 Å². The Morgan fingerprint density at radius 3 is 2.73 bits per heavy atom. The van der Waals surface area contributed by atoms with Gasteiger partial charge in [0.1, 0.15) is 11.5 Å². The maximum absolute atomic E-state index is 11.7. The highest BCUT2D eigenvalue weighted by Crippen LogP contribution is 2.28. The third-order valence-electron chi connectivity index (χ3n) is 4.17. The van der Waals surface area contributed by atoms with Gasteiger partial charge in [0.15, 0.2) is 0 Å². The summed E-state index contributed by atoms with van der Waals surface area (Å²) in [7, 11) is 0. The zero-order valence-corrected chi connectivity index (χ0v) is 14.9. The fourth-order valence-electron chi connectivity index (χ4n) is 2.74. The number of hydrogen-bond donors (Lipinski definition) is 1. The van der Waals surface area contributed by atoms with E-state index < -0.39 is 12.3 Å². The highest BCUT2D eigenvalue weighted by atomic mass is 16.6. The van der Waals surface area contributed by atoms with Gasteiger partial charge in [0.05, 0.1) is 0 Å². The molecule has 1 unspecified atom stereocenters. The van der Waals surface area contributed by atoms with E-state index in [2.05, 4.69) is 13.2 Å². The molecular weight excluding hydrogens is 328 g/mol. The van der Waals surface area contributed by atoms with Gasteiger partial charge in [0, 0.05) is 12.0 Å². The molecule has 2 aliphatic carbocycles. The number of rotatable bonds is 5. The monoisotopic (exact) mass is 349 g/mol. The van der Waals surface area contributed by atoms with Gasteiger partial charge in [-0.05, 0) is 71.7 Å². The Labute approximate surface area is 152 Å². The largest absolute Gasteiger partial charge is 0.462 e. The van der Waals surface area contributed by atoms with Crippen molar-refractivity contribution in [1.29, 1.82) is 0 Å². The van der Waals surface area contributed by atoms with Crippen molar-refractivity contribution in [3.63, 3.8) is 0 Å². The van der Waals surface area contributed by atoms with Crippen molar-refractivity contribution in [3.8, 4) is 5.75 Å². The molecule has 0 amide bonds. The van der Waals surface area contributed by atoms with Crippen LogP contribution in [-0.4, -0.2) is 17.4 Å². The molecule has 0 aliphatic heterocycles. The maximum Gasteiger partial charge on any atom is 0.338 e. The summed E-state index contributed by atoms with van der Waals surface area (Å²) < 4.78 is 10.8. The molecule has 0 heterocycles. The minimum atomic E-state index is -1.01. The van der Waals surface area contributed by atoms with E-state index >= 15 is 0 Å². The Morgan fingerprint density at radius 1 is 1.27 bits per heavy atom. The lowest BCUT2D eigenvalue weighted by Crippen LogP contribution is -2.31. The van der Waals surface area contributed by atoms with Crippen molar-refractivity contribution in [3.05, 3.63) is 82.8 Å². The minimum Gasteiger partial charge on any atom is -0.462 e. The van der Waals surface area contributed by atoms with E-state index in [0.717, 1.165) is 21.6 Å². The summed E-state index contributed by atoms with van der Waals surface area (Å²) in [5.74, 6) is 0.685. The van der Waals surface area contributed by atoms with Gasteiger partial charge in [0.25, 0.3) is 0 Å². The van der Waals surface area contributed by atoms with Crippen molar-refractivity contribution in [2.45, 2.75) is 26.6 Å². The van der Waals surface area contributed by atoms with Crippen LogP contribution >= 0.6 is 0 Å². The van der Waals surface area contributed by atoms with E-state index in [4.69, 9.17) is 9.47 Å². The second-order valence-electron chi connectivity index (χ2n) is 6.46. The Morgan fingerprint density at radius 2 is 2.04 bits per heavy atom. The van der Waals surface area contributed by atoms with Crippen molar-refractivity contribution in [2.75, 3.05) is 0 Å². The first-order chi connectivity index (χ1) is 12.3. The zero-order chi connectivity index (χ0) is 18.8. The Bertz CT molecular complexity index is 976. The Balaban J connectivity index is 1.88. The van der Waals surface area contributed by atoms with E-state index in [0.29, 0.717) is 29.1 Å². The van der Waals surface area contributed by atoms with Gasteiger partial charge in [-0.2, -0.15) is 0 Å². The average Bonchev–Trinajstić information content (AvgIpc) is 2.61. The molecular formula is C22H21O4. The number of carbonyl (C=O) groups excluding carboxylic acids is 1. The molecule has 1 atom stereocenters. The number of ether oxygens (including phenoxy) is 2. The highest BCUT2D eigenvalue weighted by Gasteiger charge is 2.18. The van der Waals surface area contributed by atoms with Gasteiger partial charge in [-0.25, -0.2) is 4.79 Å². The van der Waals surface area contributed by atoms with Crippen molar-refractivity contribution >= 4 is 17.6 Å². The molecule has 1 aromatic carbocycles. The fourth-order valence-corrected chi connectivity index (χ4v) is 2.74. The summed E-state index contributed by atoms with van der Waals surface area (Å²) in [4.78, 5) is 11.7. The average molecular weight is 349 g/mol. The summed E-state index contributed by atoms with van der Waals surface area (Å²) in [6.07, 6.45) is 7.48. The molecule has 0 bridgehead atoms. The standard InChI is InChI=1S/C22H21O4/c1-13(2)21(23)25-17-7-9-19-15(11-17)5-6-16-12-18(8-10-20(16)19)26-22(24)14(3)4/h5-9,11-12,22,24H,1,3,10H2,2,4H3. The maximum atomic E-state index is 11.7. The van der Waals surface area contributed by atoms with Gasteiger partial charge in [-0.1, -0.05) is 25.3 Å². The molecule has 4 nitrogen and oxygen atoms in total. The van der Waals surface area contributed by atoms with Gasteiger partial charge in [0.2, 0.25) is 6.29 Å². The zero-order valence-electron chi connectivity index (χ0n) is 14.9. The summed E-state index contributed by atoms with van der Waals surface area (Å²) >= 11 is 0. The van der Waals surface area contributed by atoms with E-state index in [-0.39, 0.29) is 0 Å². The normalized spacial score (nSPS) is 16.2. The minimum absolute atomic E-state index is 0.361. The van der Waals surface area contributed by atoms with Crippen LogP contribution in [0.25, 0.3) is 11.6 Å². The third kappa shape index (κ3) is 3.70. The topological polar surface area (TPSA) is 55.8 Å². The van der Waals surface area contributed by atoms with Crippen LogP contribution in [0.4, 0.5) is 0 Å². The molecule has 2 aliphatic rings. The van der Waals surface area contributed by atoms with Crippen LogP contribution < -0.4 is 15.2 Å². The first kappa shape index (κ1) is 18.0. The molecule has 1 N–H and O–H groups in total. The fraction of sp³-hybridized carbons (Fsp3) is 0.182. The number of allylic oxidation sites excluding steroid dienone is 3.